The molecule has 2 aromatic rings. The number of benzene rings is 1. The number of nitrogens with zero attached hydrogens (tertiary/aromatic N) is 2. The Hall–Kier alpha value is -2.78. The fourth-order valence-corrected chi connectivity index (χ4v) is 1.80. The quantitative estimate of drug-likeness (QED) is 0.497. The van der Waals surface area contributed by atoms with Gasteiger partial charge in [0, 0.05) is 12.7 Å². The molecule has 1 aromatic carbocycles. The summed E-state index contributed by atoms with van der Waals surface area (Å²) in [5.41, 5.74) is 3.91. The highest BCUT2D eigenvalue weighted by atomic mass is 16.3. The van der Waals surface area contributed by atoms with E-state index in [4.69, 9.17) is 15.5 Å². The second-order valence-corrected chi connectivity index (χ2v) is 4.29. The predicted octanol–water partition coefficient (Wildman–Crippen LogP) is 1.39. The van der Waals surface area contributed by atoms with Gasteiger partial charge in [-0.25, -0.2) is 5.84 Å². The normalized spacial score (nSPS) is 9.85. The minimum Gasteiger partial charge on any atom is -0.467 e. The predicted molar refractivity (Wildman–Crippen MR) is 73.6 cm³/mol. The Bertz CT molecular complexity index is 657. The van der Waals surface area contributed by atoms with E-state index >= 15 is 0 Å². The van der Waals surface area contributed by atoms with Crippen molar-refractivity contribution in [3.05, 3.63) is 53.5 Å². The molecule has 0 unspecified atom stereocenters. The van der Waals surface area contributed by atoms with Crippen LogP contribution in [0.3, 0.4) is 0 Å². The third-order valence-electron chi connectivity index (χ3n) is 2.86. The smallest absolute Gasteiger partial charge is 0.268 e. The maximum atomic E-state index is 11.3. The first-order valence-electron chi connectivity index (χ1n) is 5.93. The molecule has 0 aliphatic rings. The molecular formula is C14H14N4O2. The lowest BCUT2D eigenvalue weighted by Gasteiger charge is -2.17. The summed E-state index contributed by atoms with van der Waals surface area (Å²) in [7, 11) is 1.88. The van der Waals surface area contributed by atoms with Crippen molar-refractivity contribution in [1.29, 1.82) is 5.26 Å². The number of hydrazine groups is 1. The van der Waals surface area contributed by atoms with Crippen LogP contribution in [0.25, 0.3) is 0 Å². The van der Waals surface area contributed by atoms with Gasteiger partial charge in [-0.05, 0) is 24.3 Å². The Morgan fingerprint density at radius 2 is 2.30 bits per heavy atom. The number of nitrogen functional groups attached to an aromatic ring is 1. The molecule has 0 spiro atoms. The summed E-state index contributed by atoms with van der Waals surface area (Å²) in [6.45, 7) is 0.479. The fourth-order valence-electron chi connectivity index (χ4n) is 1.80. The molecule has 2 rings (SSSR count). The Morgan fingerprint density at radius 3 is 3.00 bits per heavy atom. The third kappa shape index (κ3) is 2.96. The van der Waals surface area contributed by atoms with Crippen molar-refractivity contribution in [2.75, 3.05) is 11.9 Å². The van der Waals surface area contributed by atoms with E-state index < -0.39 is 5.91 Å². The van der Waals surface area contributed by atoms with E-state index in [1.54, 1.807) is 18.2 Å². The van der Waals surface area contributed by atoms with Crippen LogP contribution in [-0.4, -0.2) is 13.0 Å². The number of nitriles is 1. The summed E-state index contributed by atoms with van der Waals surface area (Å²) in [4.78, 5) is 13.2. The number of furan rings is 1. The molecule has 6 heteroatoms. The lowest BCUT2D eigenvalue weighted by molar-refractivity contribution is 0.0953. The van der Waals surface area contributed by atoms with Crippen LogP contribution < -0.4 is 16.2 Å². The Labute approximate surface area is 116 Å². The van der Waals surface area contributed by atoms with Gasteiger partial charge in [-0.15, -0.1) is 0 Å². The van der Waals surface area contributed by atoms with Gasteiger partial charge < -0.3 is 9.32 Å². The maximum Gasteiger partial charge on any atom is 0.268 e. The zero-order chi connectivity index (χ0) is 14.5. The summed E-state index contributed by atoms with van der Waals surface area (Å²) in [6, 6.07) is 11.0. The molecular weight excluding hydrogens is 256 g/mol. The van der Waals surface area contributed by atoms with Crippen LogP contribution in [0.15, 0.2) is 41.0 Å². The molecule has 1 heterocycles. The van der Waals surface area contributed by atoms with Crippen LogP contribution >= 0.6 is 0 Å². The molecule has 1 aromatic heterocycles. The zero-order valence-electron chi connectivity index (χ0n) is 11.0. The van der Waals surface area contributed by atoms with Gasteiger partial charge in [0.1, 0.15) is 12.0 Å². The number of hydrogen-bond donors (Lipinski definition) is 2. The summed E-state index contributed by atoms with van der Waals surface area (Å²) < 4.78 is 5.31. The van der Waals surface area contributed by atoms with Gasteiger partial charge in [0.2, 0.25) is 0 Å². The molecule has 0 saturated carbocycles. The van der Waals surface area contributed by atoms with Gasteiger partial charge in [-0.2, -0.15) is 5.26 Å². The highest BCUT2D eigenvalue weighted by Gasteiger charge is 2.11. The minimum absolute atomic E-state index is 0.377. The lowest BCUT2D eigenvalue weighted by atomic mass is 10.2. The van der Waals surface area contributed by atoms with Crippen LogP contribution in [0.1, 0.15) is 21.7 Å². The second-order valence-electron chi connectivity index (χ2n) is 4.29. The van der Waals surface area contributed by atoms with E-state index in [1.807, 2.05) is 29.5 Å². The van der Waals surface area contributed by atoms with Crippen LogP contribution in [0.5, 0.6) is 0 Å². The Balaban J connectivity index is 2.11. The summed E-state index contributed by atoms with van der Waals surface area (Å²) in [5, 5.41) is 8.88. The van der Waals surface area contributed by atoms with Gasteiger partial charge in [-0.3, -0.25) is 10.2 Å². The van der Waals surface area contributed by atoms with Crippen molar-refractivity contribution in [3.63, 3.8) is 0 Å². The van der Waals surface area contributed by atoms with E-state index in [1.165, 1.54) is 6.26 Å². The molecule has 20 heavy (non-hydrogen) atoms. The largest absolute Gasteiger partial charge is 0.467 e. The van der Waals surface area contributed by atoms with Gasteiger partial charge in [0.15, 0.2) is 0 Å². The number of nitrogens with one attached hydrogen (secondary N) is 1. The molecule has 0 bridgehead atoms. The van der Waals surface area contributed by atoms with Gasteiger partial charge >= 0.3 is 0 Å². The van der Waals surface area contributed by atoms with E-state index in [0.29, 0.717) is 23.4 Å². The van der Waals surface area contributed by atoms with E-state index in [9.17, 15) is 4.79 Å². The average molecular weight is 270 g/mol. The highest BCUT2D eigenvalue weighted by molar-refractivity contribution is 5.93. The highest BCUT2D eigenvalue weighted by Crippen LogP contribution is 2.18. The summed E-state index contributed by atoms with van der Waals surface area (Å²) in [5.74, 6) is 5.29. The standard InChI is InChI=1S/C14H14N4O2/c1-18(12-4-2-3-10(5-12)7-15)8-13-6-11(9-20-13)14(19)17-16/h2-6,9H,8,16H2,1H3,(H,17,19). The topological polar surface area (TPSA) is 95.3 Å². The van der Waals surface area contributed by atoms with Crippen LogP contribution in [0.4, 0.5) is 5.69 Å². The third-order valence-corrected chi connectivity index (χ3v) is 2.86. The molecule has 0 aliphatic carbocycles. The van der Waals surface area contributed by atoms with Gasteiger partial charge in [-0.1, -0.05) is 6.07 Å². The van der Waals surface area contributed by atoms with Crippen molar-refractivity contribution in [3.8, 4) is 6.07 Å². The van der Waals surface area contributed by atoms with Crippen LogP contribution in [-0.2, 0) is 6.54 Å². The number of hydrogen-bond acceptors (Lipinski definition) is 5. The molecule has 0 aliphatic heterocycles. The molecule has 0 atom stereocenters. The van der Waals surface area contributed by atoms with E-state index in [0.717, 1.165) is 5.69 Å². The van der Waals surface area contributed by atoms with Crippen molar-refractivity contribution in [2.45, 2.75) is 6.54 Å². The van der Waals surface area contributed by atoms with Crippen molar-refractivity contribution < 1.29 is 9.21 Å². The SMILES string of the molecule is CN(Cc1cc(C(=O)NN)co1)c1cccc(C#N)c1. The minimum atomic E-state index is -0.394. The molecule has 0 saturated heterocycles. The molecule has 102 valence electrons. The molecule has 3 N–H and O–H groups in total. The second kappa shape index (κ2) is 5.91. The fraction of sp³-hybridized carbons (Fsp3) is 0.143. The first-order valence-corrected chi connectivity index (χ1v) is 5.93. The van der Waals surface area contributed by atoms with Gasteiger partial charge in [0.25, 0.3) is 5.91 Å². The molecule has 0 radical (unpaired) electrons. The van der Waals surface area contributed by atoms with E-state index in [2.05, 4.69) is 6.07 Å². The number of amides is 1. The molecule has 1 amide bonds. The zero-order valence-corrected chi connectivity index (χ0v) is 11.0. The van der Waals surface area contributed by atoms with Crippen LogP contribution in [0.2, 0.25) is 0 Å². The Morgan fingerprint density at radius 1 is 1.50 bits per heavy atom. The molecule has 0 fully saturated rings. The first-order chi connectivity index (χ1) is 9.63. The van der Waals surface area contributed by atoms with Gasteiger partial charge in [0.05, 0.1) is 23.7 Å². The number of rotatable bonds is 4. The summed E-state index contributed by atoms with van der Waals surface area (Å²) >= 11 is 0. The van der Waals surface area contributed by atoms with Crippen molar-refractivity contribution >= 4 is 11.6 Å². The Kier molecular flexibility index (Phi) is 4.03. The molecule has 6 nitrogen and oxygen atoms in total. The number of nitrogens with two attached hydrogens (primary N) is 1. The van der Waals surface area contributed by atoms with Crippen molar-refractivity contribution in [1.82, 2.24) is 5.43 Å². The number of carbonyl (C=O) groups is 1. The lowest BCUT2D eigenvalue weighted by Crippen LogP contribution is -2.29. The van der Waals surface area contributed by atoms with Crippen molar-refractivity contribution in [2.24, 2.45) is 5.84 Å². The number of carbonyl (C=O) groups excluding carboxylic acids is 1. The first kappa shape index (κ1) is 13.6. The van der Waals surface area contributed by atoms with E-state index in [-0.39, 0.29) is 0 Å². The summed E-state index contributed by atoms with van der Waals surface area (Å²) in [6.07, 6.45) is 1.36. The number of anilines is 1. The monoisotopic (exact) mass is 270 g/mol. The van der Waals surface area contributed by atoms with Crippen LogP contribution in [0, 0.1) is 11.3 Å². The maximum absolute atomic E-state index is 11.3. The average Bonchev–Trinajstić information content (AvgIpc) is 2.95.